The van der Waals surface area contributed by atoms with Crippen molar-refractivity contribution < 1.29 is 18.0 Å². The fourth-order valence-electron chi connectivity index (χ4n) is 2.91. The Labute approximate surface area is 141 Å². The molecule has 1 fully saturated rings. The molecule has 0 aromatic carbocycles. The molecule has 3 rings (SSSR count). The number of rotatable bonds is 3. The number of carbonyl (C=O) groups is 1. The van der Waals surface area contributed by atoms with Gasteiger partial charge in [-0.15, -0.1) is 11.3 Å². The first-order valence-electron chi connectivity index (χ1n) is 7.94. The van der Waals surface area contributed by atoms with Crippen LogP contribution in [-0.4, -0.2) is 30.5 Å². The van der Waals surface area contributed by atoms with E-state index in [1.54, 1.807) is 6.92 Å². The van der Waals surface area contributed by atoms with Crippen molar-refractivity contribution in [1.82, 2.24) is 10.3 Å². The lowest BCUT2D eigenvalue weighted by Gasteiger charge is -2.28. The minimum absolute atomic E-state index is 0.0181. The molecule has 0 aliphatic carbocycles. The largest absolute Gasteiger partial charge is 0.417 e. The van der Waals surface area contributed by atoms with Crippen molar-refractivity contribution in [2.24, 2.45) is 0 Å². The molecule has 0 bridgehead atoms. The monoisotopic (exact) mass is 357 g/mol. The molecule has 2 aromatic rings. The topological polar surface area (TPSA) is 45.2 Å². The number of hydrogen-bond acceptors (Lipinski definition) is 4. The van der Waals surface area contributed by atoms with Crippen molar-refractivity contribution >= 4 is 33.3 Å². The summed E-state index contributed by atoms with van der Waals surface area (Å²) < 4.78 is 40.5. The number of nitrogens with zero attached hydrogens (tertiary/aromatic N) is 2. The first kappa shape index (κ1) is 17.0. The van der Waals surface area contributed by atoms with Crippen LogP contribution >= 0.6 is 11.3 Å². The van der Waals surface area contributed by atoms with E-state index in [-0.39, 0.29) is 21.7 Å². The van der Waals surface area contributed by atoms with Crippen LogP contribution in [-0.2, 0) is 6.18 Å². The van der Waals surface area contributed by atoms with Gasteiger partial charge in [-0.1, -0.05) is 0 Å². The maximum atomic E-state index is 13.5. The predicted molar refractivity (Wildman–Crippen MR) is 88.7 cm³/mol. The quantitative estimate of drug-likeness (QED) is 0.901. The second kappa shape index (κ2) is 6.58. The summed E-state index contributed by atoms with van der Waals surface area (Å²) in [5.74, 6) is -0.0846. The summed E-state index contributed by atoms with van der Waals surface area (Å²) in [4.78, 5) is 18.4. The van der Waals surface area contributed by atoms with E-state index in [2.05, 4.69) is 10.3 Å². The molecule has 0 saturated carbocycles. The van der Waals surface area contributed by atoms with Gasteiger partial charge in [0.25, 0.3) is 5.91 Å². The molecule has 8 heteroatoms. The van der Waals surface area contributed by atoms with Gasteiger partial charge in [-0.25, -0.2) is 4.98 Å². The minimum Gasteiger partial charge on any atom is -0.357 e. The van der Waals surface area contributed by atoms with Crippen LogP contribution in [0.15, 0.2) is 11.4 Å². The molecule has 2 aromatic heterocycles. The highest BCUT2D eigenvalue weighted by atomic mass is 32.1. The first-order valence-corrected chi connectivity index (χ1v) is 8.82. The number of alkyl halides is 3. The molecule has 0 unspecified atom stereocenters. The Morgan fingerprint density at radius 1 is 1.33 bits per heavy atom. The zero-order valence-corrected chi connectivity index (χ0v) is 14.1. The van der Waals surface area contributed by atoms with Crippen LogP contribution in [0.2, 0.25) is 0 Å². The van der Waals surface area contributed by atoms with Gasteiger partial charge in [0.2, 0.25) is 0 Å². The lowest BCUT2D eigenvalue weighted by atomic mass is 10.1. The van der Waals surface area contributed by atoms with Crippen LogP contribution in [0.1, 0.15) is 42.1 Å². The number of piperidine rings is 1. The molecule has 1 amide bonds. The molecule has 0 radical (unpaired) electrons. The molecule has 1 aliphatic rings. The lowest BCUT2D eigenvalue weighted by Crippen LogP contribution is -2.30. The van der Waals surface area contributed by atoms with E-state index in [0.29, 0.717) is 25.5 Å². The predicted octanol–water partition coefficient (Wildman–Crippen LogP) is 4.06. The van der Waals surface area contributed by atoms with Crippen LogP contribution in [0.4, 0.5) is 19.0 Å². The van der Waals surface area contributed by atoms with Gasteiger partial charge in [-0.05, 0) is 32.3 Å². The smallest absolute Gasteiger partial charge is 0.357 e. The average molecular weight is 357 g/mol. The third-order valence-electron chi connectivity index (χ3n) is 4.08. The molecule has 1 saturated heterocycles. The maximum Gasteiger partial charge on any atom is 0.417 e. The summed E-state index contributed by atoms with van der Waals surface area (Å²) in [6, 6.07) is 1.12. The van der Waals surface area contributed by atoms with E-state index < -0.39 is 11.7 Å². The molecular formula is C16H18F3N3OS. The van der Waals surface area contributed by atoms with Crippen molar-refractivity contribution in [2.75, 3.05) is 24.5 Å². The molecule has 24 heavy (non-hydrogen) atoms. The lowest BCUT2D eigenvalue weighted by molar-refractivity contribution is -0.136. The van der Waals surface area contributed by atoms with Gasteiger partial charge in [0.1, 0.15) is 5.82 Å². The van der Waals surface area contributed by atoms with Gasteiger partial charge in [0.05, 0.1) is 21.3 Å². The maximum absolute atomic E-state index is 13.5. The zero-order chi connectivity index (χ0) is 17.3. The number of pyridine rings is 1. The standard InChI is InChI=1S/C16H18F3N3OS/c1-2-20-15(23)10-9-24-14-11(16(17,18)19)8-12(21-13(10)14)22-6-4-3-5-7-22/h8-9H,2-7H2,1H3,(H,20,23). The Kier molecular flexibility index (Phi) is 4.67. The van der Waals surface area contributed by atoms with Crippen LogP contribution in [0.25, 0.3) is 10.2 Å². The number of aromatic nitrogens is 1. The number of anilines is 1. The summed E-state index contributed by atoms with van der Waals surface area (Å²) in [6.45, 7) is 3.56. The zero-order valence-electron chi connectivity index (χ0n) is 13.2. The highest BCUT2D eigenvalue weighted by molar-refractivity contribution is 7.17. The van der Waals surface area contributed by atoms with Crippen molar-refractivity contribution in [3.05, 3.63) is 22.6 Å². The van der Waals surface area contributed by atoms with Crippen LogP contribution < -0.4 is 10.2 Å². The van der Waals surface area contributed by atoms with Gasteiger partial charge in [0.15, 0.2) is 0 Å². The van der Waals surface area contributed by atoms with Gasteiger partial charge in [0, 0.05) is 25.0 Å². The van der Waals surface area contributed by atoms with Crippen LogP contribution in [0.3, 0.4) is 0 Å². The average Bonchev–Trinajstić information content (AvgIpc) is 2.98. The SMILES string of the molecule is CCNC(=O)c1csc2c(C(F)(F)F)cc(N3CCCCC3)nc12. The summed E-state index contributed by atoms with van der Waals surface area (Å²) in [5, 5.41) is 4.09. The second-order valence-corrected chi connectivity index (χ2v) is 6.64. The summed E-state index contributed by atoms with van der Waals surface area (Å²) in [5.41, 5.74) is -0.365. The van der Waals surface area contributed by atoms with Crippen molar-refractivity contribution in [2.45, 2.75) is 32.4 Å². The molecule has 3 heterocycles. The molecule has 0 spiro atoms. The van der Waals surface area contributed by atoms with Crippen LogP contribution in [0, 0.1) is 0 Å². The van der Waals surface area contributed by atoms with Gasteiger partial charge < -0.3 is 10.2 Å². The number of fused-ring (bicyclic) bond motifs is 1. The Hall–Kier alpha value is -1.83. The Morgan fingerprint density at radius 3 is 2.67 bits per heavy atom. The molecule has 0 atom stereocenters. The molecule has 1 aliphatic heterocycles. The number of amides is 1. The first-order chi connectivity index (χ1) is 11.4. The van der Waals surface area contributed by atoms with E-state index in [1.807, 2.05) is 4.90 Å². The number of hydrogen-bond donors (Lipinski definition) is 1. The summed E-state index contributed by atoms with van der Waals surface area (Å²) in [6.07, 6.45) is -1.52. The Bertz CT molecular complexity index is 751. The van der Waals surface area contributed by atoms with E-state index >= 15 is 0 Å². The minimum atomic E-state index is -4.48. The third-order valence-corrected chi connectivity index (χ3v) is 5.08. The van der Waals surface area contributed by atoms with Crippen LogP contribution in [0.5, 0.6) is 0 Å². The number of thiophene rings is 1. The van der Waals surface area contributed by atoms with E-state index in [9.17, 15) is 18.0 Å². The highest BCUT2D eigenvalue weighted by Gasteiger charge is 2.35. The van der Waals surface area contributed by atoms with Gasteiger partial charge >= 0.3 is 6.18 Å². The van der Waals surface area contributed by atoms with Crippen molar-refractivity contribution in [3.8, 4) is 0 Å². The van der Waals surface area contributed by atoms with E-state index in [4.69, 9.17) is 0 Å². The second-order valence-electron chi connectivity index (χ2n) is 5.76. The third kappa shape index (κ3) is 3.19. The normalized spacial score (nSPS) is 15.8. The number of nitrogens with one attached hydrogen (secondary N) is 1. The van der Waals surface area contributed by atoms with Crippen molar-refractivity contribution in [1.29, 1.82) is 0 Å². The van der Waals surface area contributed by atoms with E-state index in [1.165, 1.54) is 5.38 Å². The number of carbonyl (C=O) groups excluding carboxylic acids is 1. The fourth-order valence-corrected chi connectivity index (χ4v) is 3.93. The Balaban J connectivity index is 2.15. The fraction of sp³-hybridized carbons (Fsp3) is 0.500. The highest BCUT2D eigenvalue weighted by Crippen LogP contribution is 2.40. The Morgan fingerprint density at radius 2 is 2.04 bits per heavy atom. The van der Waals surface area contributed by atoms with E-state index in [0.717, 1.165) is 36.7 Å². The molecule has 130 valence electrons. The van der Waals surface area contributed by atoms with Gasteiger partial charge in [-0.2, -0.15) is 13.2 Å². The molecular weight excluding hydrogens is 339 g/mol. The van der Waals surface area contributed by atoms with Gasteiger partial charge in [-0.3, -0.25) is 4.79 Å². The molecule has 1 N–H and O–H groups in total. The summed E-state index contributed by atoms with van der Waals surface area (Å²) in [7, 11) is 0. The number of halogens is 3. The summed E-state index contributed by atoms with van der Waals surface area (Å²) >= 11 is 0.915. The molecule has 4 nitrogen and oxygen atoms in total. The van der Waals surface area contributed by atoms with Crippen molar-refractivity contribution in [3.63, 3.8) is 0 Å².